The third-order valence-electron chi connectivity index (χ3n) is 7.56. The maximum absolute atomic E-state index is 2.52. The third-order valence-corrected chi connectivity index (χ3v) is 10.0. The van der Waals surface area contributed by atoms with E-state index in [0.717, 1.165) is 35.5 Å². The zero-order valence-electron chi connectivity index (χ0n) is 17.3. The van der Waals surface area contributed by atoms with Crippen LogP contribution in [0.5, 0.6) is 0 Å². The van der Waals surface area contributed by atoms with Gasteiger partial charge in [0.1, 0.15) is 0 Å². The summed E-state index contributed by atoms with van der Waals surface area (Å²) in [6.07, 6.45) is 18.2. The maximum atomic E-state index is 2.52. The largest absolute Gasteiger partial charge is 1.00 e. The molecule has 0 amide bonds. The first kappa shape index (κ1) is 23.5. The molecule has 0 aliphatic heterocycles. The fourth-order valence-corrected chi connectivity index (χ4v) is 8.70. The number of rotatable bonds is 4. The Bertz CT molecular complexity index is 581. The van der Waals surface area contributed by atoms with Crippen molar-refractivity contribution in [3.05, 3.63) is 43.2 Å². The van der Waals surface area contributed by atoms with E-state index in [0.29, 0.717) is 0 Å². The molecule has 2 saturated carbocycles. The summed E-state index contributed by atoms with van der Waals surface area (Å²) < 4.78 is 3.75. The standard InChI is InChI=1S/2C12H17.2ClH.Ti/c2*1-9-7-8-10(2)12(9)11-5-3-4-6-11;;;/h2*3,5,9-10,12H,4,7-8H2,1-2H3;2*1H;/q;;;;+2/p-2. The topological polar surface area (TPSA) is 0 Å². The van der Waals surface area contributed by atoms with Crippen molar-refractivity contribution in [1.82, 2.24) is 0 Å². The Morgan fingerprint density at radius 3 is 1.30 bits per heavy atom. The normalized spacial score (nSPS) is 37.6. The van der Waals surface area contributed by atoms with Crippen LogP contribution in [-0.4, -0.2) is 0 Å². The first-order valence-corrected chi connectivity index (χ1v) is 12.2. The van der Waals surface area contributed by atoms with Gasteiger partial charge in [-0.15, -0.1) is 0 Å². The number of hydrogen-bond donors (Lipinski definition) is 0. The summed E-state index contributed by atoms with van der Waals surface area (Å²) in [5.41, 5.74) is 3.56. The molecule has 0 aromatic carbocycles. The summed E-state index contributed by atoms with van der Waals surface area (Å²) in [6, 6.07) is 0. The Labute approximate surface area is 188 Å². The molecule has 4 rings (SSSR count). The summed E-state index contributed by atoms with van der Waals surface area (Å²) in [5, 5.41) is 0. The first-order chi connectivity index (χ1) is 12.1. The fraction of sp³-hybridized carbons (Fsp3) is 0.667. The van der Waals surface area contributed by atoms with Crippen LogP contribution in [0, 0.1) is 35.5 Å². The number of halogens is 2. The van der Waals surface area contributed by atoms with Crippen LogP contribution in [-0.2, 0) is 19.2 Å². The van der Waals surface area contributed by atoms with Crippen molar-refractivity contribution in [3.63, 3.8) is 0 Å². The van der Waals surface area contributed by atoms with Crippen LogP contribution in [0.2, 0.25) is 0 Å². The molecule has 0 nitrogen and oxygen atoms in total. The second kappa shape index (κ2) is 9.84. The smallest absolute Gasteiger partial charge is 1.00 e. The molecular weight excluding hydrogens is 407 g/mol. The van der Waals surface area contributed by atoms with Crippen molar-refractivity contribution in [2.24, 2.45) is 35.5 Å². The Morgan fingerprint density at radius 1 is 0.630 bits per heavy atom. The average molecular weight is 441 g/mol. The molecule has 0 spiro atoms. The van der Waals surface area contributed by atoms with Gasteiger partial charge in [0.25, 0.3) is 0 Å². The van der Waals surface area contributed by atoms with Gasteiger partial charge in [0, 0.05) is 0 Å². The summed E-state index contributed by atoms with van der Waals surface area (Å²) in [5.74, 6) is 5.25. The van der Waals surface area contributed by atoms with Gasteiger partial charge >= 0.3 is 164 Å². The number of hydrogen-bond acceptors (Lipinski definition) is 0. The molecule has 4 aliphatic rings. The second-order valence-electron chi connectivity index (χ2n) is 9.32. The zero-order chi connectivity index (χ0) is 17.6. The Hall–Kier alpha value is 0.254. The molecule has 148 valence electrons. The van der Waals surface area contributed by atoms with E-state index in [9.17, 15) is 0 Å². The zero-order valence-corrected chi connectivity index (χ0v) is 20.3. The van der Waals surface area contributed by atoms with Crippen LogP contribution in [0.15, 0.2) is 43.2 Å². The first-order valence-electron chi connectivity index (χ1n) is 10.6. The molecule has 0 bridgehead atoms. The second-order valence-corrected chi connectivity index (χ2v) is 11.6. The summed E-state index contributed by atoms with van der Waals surface area (Å²) >= 11 is -0.104. The van der Waals surface area contributed by atoms with Gasteiger partial charge in [-0.2, -0.15) is 0 Å². The third kappa shape index (κ3) is 4.55. The van der Waals surface area contributed by atoms with Gasteiger partial charge < -0.3 is 24.8 Å². The van der Waals surface area contributed by atoms with E-state index in [1.165, 1.54) is 38.5 Å². The Morgan fingerprint density at radius 2 is 0.963 bits per heavy atom. The minimum Gasteiger partial charge on any atom is -1.00 e. The predicted molar refractivity (Wildman–Crippen MR) is 104 cm³/mol. The van der Waals surface area contributed by atoms with Crippen molar-refractivity contribution < 1.29 is 44.0 Å². The molecule has 0 aromatic rings. The van der Waals surface area contributed by atoms with Crippen LogP contribution in [0.4, 0.5) is 0 Å². The summed E-state index contributed by atoms with van der Waals surface area (Å²) in [6.45, 7) is 9.98. The van der Waals surface area contributed by atoms with Gasteiger partial charge in [-0.05, 0) is 0 Å². The van der Waals surface area contributed by atoms with Gasteiger partial charge in [-0.1, -0.05) is 0 Å². The van der Waals surface area contributed by atoms with Gasteiger partial charge in [-0.25, -0.2) is 0 Å². The van der Waals surface area contributed by atoms with Gasteiger partial charge in [0.15, 0.2) is 0 Å². The molecule has 0 radical (unpaired) electrons. The average Bonchev–Trinajstić information content (AvgIpc) is 3.33. The molecule has 2 fully saturated rings. The van der Waals surface area contributed by atoms with Crippen molar-refractivity contribution in [1.29, 1.82) is 0 Å². The van der Waals surface area contributed by atoms with E-state index in [1.54, 1.807) is 11.1 Å². The monoisotopic (exact) mass is 440 g/mol. The van der Waals surface area contributed by atoms with E-state index < -0.39 is 0 Å². The van der Waals surface area contributed by atoms with Gasteiger partial charge in [0.2, 0.25) is 0 Å². The minimum atomic E-state index is -0.104. The van der Waals surface area contributed by atoms with E-state index >= 15 is 0 Å². The van der Waals surface area contributed by atoms with Crippen LogP contribution in [0.1, 0.15) is 66.2 Å². The van der Waals surface area contributed by atoms with Crippen LogP contribution in [0.3, 0.4) is 0 Å². The maximum Gasteiger partial charge on any atom is -1.00 e. The Balaban J connectivity index is 0.00000131. The number of allylic oxidation sites excluding steroid dienone is 8. The molecule has 4 aliphatic carbocycles. The fourth-order valence-electron chi connectivity index (χ4n) is 6.22. The SMILES string of the molecule is CC1CCC(C)C1C1=[C]([Ti+2][C]2=C(C3C(C)CCC3C)C=CC2)CC=C1.[Cl-].[Cl-]. The van der Waals surface area contributed by atoms with Crippen LogP contribution in [0.25, 0.3) is 0 Å². The van der Waals surface area contributed by atoms with Gasteiger partial charge in [-0.3, -0.25) is 0 Å². The molecule has 0 N–H and O–H groups in total. The summed E-state index contributed by atoms with van der Waals surface area (Å²) in [7, 11) is 0. The van der Waals surface area contributed by atoms with Crippen LogP contribution < -0.4 is 24.8 Å². The van der Waals surface area contributed by atoms with Crippen molar-refractivity contribution in [3.8, 4) is 0 Å². The minimum absolute atomic E-state index is 0. The Kier molecular flexibility index (Phi) is 8.58. The van der Waals surface area contributed by atoms with Crippen molar-refractivity contribution >= 4 is 0 Å². The molecule has 4 atom stereocenters. The van der Waals surface area contributed by atoms with E-state index in [-0.39, 0.29) is 44.0 Å². The molecule has 0 aromatic heterocycles. The molecule has 0 heterocycles. The quantitative estimate of drug-likeness (QED) is 0.569. The predicted octanol–water partition coefficient (Wildman–Crippen LogP) is 0.869. The van der Waals surface area contributed by atoms with E-state index in [2.05, 4.69) is 52.0 Å². The molecule has 0 saturated heterocycles. The van der Waals surface area contributed by atoms with Crippen LogP contribution >= 0.6 is 0 Å². The van der Waals surface area contributed by atoms with Crippen molar-refractivity contribution in [2.75, 3.05) is 0 Å². The van der Waals surface area contributed by atoms with Crippen molar-refractivity contribution in [2.45, 2.75) is 66.2 Å². The van der Waals surface area contributed by atoms with E-state index in [1.807, 2.05) is 7.76 Å². The van der Waals surface area contributed by atoms with Gasteiger partial charge in [0.05, 0.1) is 0 Å². The molecule has 4 unspecified atom stereocenters. The summed E-state index contributed by atoms with van der Waals surface area (Å²) in [4.78, 5) is 0. The molecule has 27 heavy (non-hydrogen) atoms. The molecule has 3 heteroatoms. The van der Waals surface area contributed by atoms with E-state index in [4.69, 9.17) is 0 Å². The molecular formula is C24H34Cl2Ti.